The summed E-state index contributed by atoms with van der Waals surface area (Å²) in [5.41, 5.74) is 0. The minimum atomic E-state index is -1.14. The van der Waals surface area contributed by atoms with Crippen molar-refractivity contribution in [1.82, 2.24) is 0 Å². The summed E-state index contributed by atoms with van der Waals surface area (Å²) in [5.74, 6) is -1.82. The molecule has 0 spiro atoms. The van der Waals surface area contributed by atoms with Gasteiger partial charge in [-0.3, -0.25) is 9.59 Å². The SMILES string of the molecule is CC/C=C/C/C=C/C/C=C/C/C=C/C/C=C/C/C=C/CCCC(=O)OC(COCCC(C(=O)[O-])[N+](C)(C)C)COC(=O)CCCCCCCCCCCCC. The van der Waals surface area contributed by atoms with Crippen LogP contribution in [0.15, 0.2) is 72.9 Å². The summed E-state index contributed by atoms with van der Waals surface area (Å²) in [6.45, 7) is 4.46. The summed E-state index contributed by atoms with van der Waals surface area (Å²) >= 11 is 0. The fraction of sp³-hybridized carbons (Fsp3) is 0.681. The summed E-state index contributed by atoms with van der Waals surface area (Å²) < 4.78 is 17.1. The fourth-order valence-corrected chi connectivity index (χ4v) is 5.79. The number of aliphatic carboxylic acids is 1. The highest BCUT2D eigenvalue weighted by Gasteiger charge is 2.25. The Hall–Kier alpha value is -3.23. The second kappa shape index (κ2) is 37.7. The Balaban J connectivity index is 4.47. The van der Waals surface area contributed by atoms with Gasteiger partial charge in [0.2, 0.25) is 0 Å². The molecule has 0 fully saturated rings. The molecule has 0 radical (unpaired) electrons. The molecule has 0 saturated heterocycles. The number of rotatable bonds is 37. The molecule has 0 rings (SSSR count). The molecule has 0 amide bonds. The molecule has 0 heterocycles. The number of quaternary nitrogens is 1. The predicted molar refractivity (Wildman–Crippen MR) is 226 cm³/mol. The fourth-order valence-electron chi connectivity index (χ4n) is 5.79. The number of hydrogen-bond acceptors (Lipinski definition) is 7. The van der Waals surface area contributed by atoms with E-state index in [-0.39, 0.29) is 49.1 Å². The van der Waals surface area contributed by atoms with E-state index in [4.69, 9.17) is 14.2 Å². The molecular formula is C47H79NO7. The van der Waals surface area contributed by atoms with Gasteiger partial charge in [0.1, 0.15) is 12.6 Å². The Bertz CT molecular complexity index is 1130. The number of allylic oxidation sites excluding steroid dienone is 12. The Kier molecular flexibility index (Phi) is 35.5. The smallest absolute Gasteiger partial charge is 0.306 e. The topological polar surface area (TPSA) is 102 Å². The van der Waals surface area contributed by atoms with Gasteiger partial charge in [0.05, 0.1) is 40.3 Å². The summed E-state index contributed by atoms with van der Waals surface area (Å²) in [6.07, 6.45) is 46.5. The molecule has 0 aromatic rings. The summed E-state index contributed by atoms with van der Waals surface area (Å²) in [6, 6.07) is -0.737. The van der Waals surface area contributed by atoms with Gasteiger partial charge in [-0.25, -0.2) is 0 Å². The molecule has 8 heteroatoms. The third-order valence-corrected chi connectivity index (χ3v) is 9.11. The molecule has 8 nitrogen and oxygen atoms in total. The van der Waals surface area contributed by atoms with E-state index in [2.05, 4.69) is 86.8 Å². The monoisotopic (exact) mass is 770 g/mol. The van der Waals surface area contributed by atoms with Crippen LogP contribution in [0.25, 0.3) is 0 Å². The van der Waals surface area contributed by atoms with Crippen molar-refractivity contribution in [2.24, 2.45) is 0 Å². The maximum atomic E-state index is 12.7. The van der Waals surface area contributed by atoms with E-state index in [0.29, 0.717) is 12.8 Å². The average Bonchev–Trinajstić information content (AvgIpc) is 3.14. The number of likely N-dealkylation sites (N-methyl/N-ethyl adjacent to an activating group) is 1. The molecule has 0 aliphatic heterocycles. The lowest BCUT2D eigenvalue weighted by Gasteiger charge is -2.34. The van der Waals surface area contributed by atoms with Gasteiger partial charge in [0.15, 0.2) is 6.10 Å². The lowest BCUT2D eigenvalue weighted by atomic mass is 10.1. The van der Waals surface area contributed by atoms with E-state index in [9.17, 15) is 19.5 Å². The number of carboxylic acids is 1. The van der Waals surface area contributed by atoms with Gasteiger partial charge in [-0.2, -0.15) is 0 Å². The predicted octanol–water partition coefficient (Wildman–Crippen LogP) is 10.2. The Morgan fingerprint density at radius 2 is 1.02 bits per heavy atom. The number of carboxylic acid groups (broad SMARTS) is 1. The van der Waals surface area contributed by atoms with Crippen LogP contribution >= 0.6 is 0 Å². The van der Waals surface area contributed by atoms with E-state index in [1.54, 1.807) is 21.1 Å². The normalized spacial score (nSPS) is 13.7. The first-order valence-corrected chi connectivity index (χ1v) is 21.5. The number of hydrogen-bond donors (Lipinski definition) is 0. The van der Waals surface area contributed by atoms with E-state index in [1.807, 2.05) is 0 Å². The van der Waals surface area contributed by atoms with Crippen LogP contribution < -0.4 is 5.11 Å². The van der Waals surface area contributed by atoms with Crippen molar-refractivity contribution in [1.29, 1.82) is 0 Å². The Morgan fingerprint density at radius 3 is 1.49 bits per heavy atom. The van der Waals surface area contributed by atoms with Crippen molar-refractivity contribution >= 4 is 17.9 Å². The van der Waals surface area contributed by atoms with Gasteiger partial charge < -0.3 is 28.6 Å². The first kappa shape index (κ1) is 51.8. The van der Waals surface area contributed by atoms with E-state index in [1.165, 1.54) is 51.4 Å². The van der Waals surface area contributed by atoms with Crippen molar-refractivity contribution in [3.8, 4) is 0 Å². The third-order valence-electron chi connectivity index (χ3n) is 9.11. The van der Waals surface area contributed by atoms with Crippen molar-refractivity contribution < 1.29 is 38.2 Å². The minimum absolute atomic E-state index is 0.0154. The molecule has 55 heavy (non-hydrogen) atoms. The van der Waals surface area contributed by atoms with Crippen molar-refractivity contribution in [3.63, 3.8) is 0 Å². The maximum Gasteiger partial charge on any atom is 0.306 e. The number of carbonyl (C=O) groups excluding carboxylic acids is 3. The highest BCUT2D eigenvalue weighted by Crippen LogP contribution is 2.13. The molecule has 0 N–H and O–H groups in total. The van der Waals surface area contributed by atoms with Crippen LogP contribution in [0.4, 0.5) is 0 Å². The van der Waals surface area contributed by atoms with Gasteiger partial charge in [-0.15, -0.1) is 0 Å². The van der Waals surface area contributed by atoms with E-state index in [0.717, 1.165) is 64.2 Å². The molecular weight excluding hydrogens is 691 g/mol. The number of unbranched alkanes of at least 4 members (excludes halogenated alkanes) is 11. The van der Waals surface area contributed by atoms with Crippen LogP contribution in [0, 0.1) is 0 Å². The second-order valence-electron chi connectivity index (χ2n) is 15.2. The zero-order valence-corrected chi connectivity index (χ0v) is 35.6. The lowest BCUT2D eigenvalue weighted by molar-refractivity contribution is -0.889. The Morgan fingerprint density at radius 1 is 0.564 bits per heavy atom. The number of ether oxygens (including phenoxy) is 3. The van der Waals surface area contributed by atoms with Crippen LogP contribution in [0.3, 0.4) is 0 Å². The summed E-state index contributed by atoms with van der Waals surface area (Å²) in [4.78, 5) is 36.7. The molecule has 2 atom stereocenters. The quantitative estimate of drug-likeness (QED) is 0.0268. The van der Waals surface area contributed by atoms with Gasteiger partial charge in [0.25, 0.3) is 0 Å². The molecule has 0 aromatic carbocycles. The van der Waals surface area contributed by atoms with Gasteiger partial charge in [-0.1, -0.05) is 151 Å². The first-order valence-electron chi connectivity index (χ1n) is 21.5. The van der Waals surface area contributed by atoms with Crippen molar-refractivity contribution in [3.05, 3.63) is 72.9 Å². The number of nitrogens with zero attached hydrogens (tertiary/aromatic N) is 1. The van der Waals surface area contributed by atoms with Crippen LogP contribution in [-0.2, 0) is 28.6 Å². The van der Waals surface area contributed by atoms with Gasteiger partial charge in [0, 0.05) is 19.3 Å². The molecule has 2 unspecified atom stereocenters. The summed E-state index contributed by atoms with van der Waals surface area (Å²) in [7, 11) is 5.38. The number of carbonyl (C=O) groups is 3. The van der Waals surface area contributed by atoms with Crippen molar-refractivity contribution in [2.45, 2.75) is 167 Å². The molecule has 0 bridgehead atoms. The molecule has 0 aliphatic carbocycles. The highest BCUT2D eigenvalue weighted by atomic mass is 16.6. The molecule has 0 saturated carbocycles. The zero-order chi connectivity index (χ0) is 40.7. The van der Waals surface area contributed by atoms with Crippen LogP contribution in [0.2, 0.25) is 0 Å². The van der Waals surface area contributed by atoms with Gasteiger partial charge in [-0.05, 0) is 57.8 Å². The van der Waals surface area contributed by atoms with E-state index >= 15 is 0 Å². The Labute approximate surface area is 336 Å². The largest absolute Gasteiger partial charge is 0.544 e. The molecule has 314 valence electrons. The average molecular weight is 770 g/mol. The summed E-state index contributed by atoms with van der Waals surface area (Å²) in [5, 5.41) is 11.6. The lowest BCUT2D eigenvalue weighted by Crippen LogP contribution is -2.55. The van der Waals surface area contributed by atoms with Crippen molar-refractivity contribution in [2.75, 3.05) is 41.0 Å². The molecule has 0 aliphatic rings. The zero-order valence-electron chi connectivity index (χ0n) is 35.6. The standard InChI is InChI=1S/C47H79NO7/c1-6-8-10-12-14-16-18-19-20-21-22-23-24-25-26-28-30-32-34-36-38-46(50)55-43(41-53-40-39-44(47(51)52)48(3,4)5)42-54-45(49)37-35-33-31-29-27-17-15-13-11-9-7-2/h8,10,14,16,19-20,22-23,25-26,30,32,43-44H,6-7,9,11-13,15,17-18,21,24,27-29,31,33-42H2,1-5H3/b10-8+,16-14+,20-19+,23-22+,26-25+,32-30+. The van der Waals surface area contributed by atoms with Gasteiger partial charge >= 0.3 is 11.9 Å². The number of esters is 2. The highest BCUT2D eigenvalue weighted by molar-refractivity contribution is 5.70. The second-order valence-corrected chi connectivity index (χ2v) is 15.2. The third kappa shape index (κ3) is 36.2. The molecule has 0 aromatic heterocycles. The first-order chi connectivity index (χ1) is 26.6. The minimum Gasteiger partial charge on any atom is -0.544 e. The van der Waals surface area contributed by atoms with E-state index < -0.39 is 18.1 Å². The van der Waals surface area contributed by atoms with Crippen LogP contribution in [-0.4, -0.2) is 75.5 Å². The van der Waals surface area contributed by atoms with Crippen LogP contribution in [0.5, 0.6) is 0 Å². The maximum absolute atomic E-state index is 12.7. The van der Waals surface area contributed by atoms with Crippen LogP contribution in [0.1, 0.15) is 155 Å².